The van der Waals surface area contributed by atoms with Crippen LogP contribution in [0.4, 0.5) is 0 Å². The first-order valence-corrected chi connectivity index (χ1v) is 10.7. The van der Waals surface area contributed by atoms with Crippen LogP contribution in [-0.4, -0.2) is 32.5 Å². The van der Waals surface area contributed by atoms with Gasteiger partial charge in [-0.2, -0.15) is 5.10 Å². The van der Waals surface area contributed by atoms with E-state index in [1.165, 1.54) is 24.8 Å². The first-order chi connectivity index (χ1) is 14.3. The van der Waals surface area contributed by atoms with Crippen LogP contribution >= 0.6 is 0 Å². The summed E-state index contributed by atoms with van der Waals surface area (Å²) < 4.78 is 1.80. The zero-order chi connectivity index (χ0) is 19.6. The summed E-state index contributed by atoms with van der Waals surface area (Å²) in [5.74, 6) is 0.384. The molecule has 2 aliphatic rings. The Morgan fingerprint density at radius 2 is 1.59 bits per heavy atom. The molecule has 0 aliphatic carbocycles. The predicted molar refractivity (Wildman–Crippen MR) is 114 cm³/mol. The fourth-order valence-electron chi connectivity index (χ4n) is 5.15. The van der Waals surface area contributed by atoms with Crippen LogP contribution < -0.4 is 0 Å². The van der Waals surface area contributed by atoms with Gasteiger partial charge in [0.1, 0.15) is 0 Å². The van der Waals surface area contributed by atoms with Crippen LogP contribution in [0.15, 0.2) is 73.1 Å². The van der Waals surface area contributed by atoms with Crippen LogP contribution in [0.3, 0.4) is 0 Å². The van der Waals surface area contributed by atoms with Crippen molar-refractivity contribution in [1.82, 2.24) is 14.7 Å². The van der Waals surface area contributed by atoms with E-state index in [1.54, 1.807) is 10.9 Å². The molecule has 3 heterocycles. The van der Waals surface area contributed by atoms with E-state index in [2.05, 4.69) is 40.3 Å². The fourth-order valence-corrected chi connectivity index (χ4v) is 5.15. The van der Waals surface area contributed by atoms with E-state index >= 15 is 0 Å². The Kier molecular flexibility index (Phi) is 5.03. The summed E-state index contributed by atoms with van der Waals surface area (Å²) in [4.78, 5) is 15.9. The second kappa shape index (κ2) is 7.96. The molecule has 2 atom stereocenters. The Morgan fingerprint density at radius 1 is 0.931 bits per heavy atom. The van der Waals surface area contributed by atoms with E-state index in [0.717, 1.165) is 30.6 Å². The third kappa shape index (κ3) is 3.77. The third-order valence-electron chi connectivity index (χ3n) is 6.59. The summed E-state index contributed by atoms with van der Waals surface area (Å²) in [5.41, 5.74) is 3.10. The molecule has 3 aromatic rings. The van der Waals surface area contributed by atoms with Crippen LogP contribution in [-0.2, 0) is 6.54 Å². The average Bonchev–Trinajstić information content (AvgIpc) is 3.25. The molecule has 0 saturated carbocycles. The van der Waals surface area contributed by atoms with Crippen LogP contribution in [0.5, 0.6) is 0 Å². The maximum Gasteiger partial charge on any atom is 0.169 e. The maximum atomic E-state index is 13.3. The number of carbonyl (C=O) groups excluding carboxylic acids is 1. The molecule has 4 heteroatoms. The number of hydrogen-bond acceptors (Lipinski definition) is 3. The van der Waals surface area contributed by atoms with Crippen molar-refractivity contribution < 1.29 is 4.79 Å². The van der Waals surface area contributed by atoms with Crippen LogP contribution in [0, 0.1) is 5.92 Å². The number of para-hydroxylation sites is 1. The number of hydrogen-bond donors (Lipinski definition) is 0. The lowest BCUT2D eigenvalue weighted by atomic mass is 9.75. The molecule has 2 fully saturated rings. The third-order valence-corrected chi connectivity index (χ3v) is 6.59. The molecular formula is C25H27N3O. The van der Waals surface area contributed by atoms with Crippen LogP contribution in [0.25, 0.3) is 5.69 Å². The van der Waals surface area contributed by atoms with Crippen molar-refractivity contribution in [2.45, 2.75) is 50.7 Å². The number of ketones is 1. The van der Waals surface area contributed by atoms with Gasteiger partial charge in [0, 0.05) is 30.7 Å². The summed E-state index contributed by atoms with van der Waals surface area (Å²) in [6, 6.07) is 21.7. The highest BCUT2D eigenvalue weighted by Gasteiger charge is 2.40. The minimum absolute atomic E-state index is 0.116. The molecule has 1 aromatic heterocycles. The van der Waals surface area contributed by atoms with Gasteiger partial charge in [-0.1, -0.05) is 55.0 Å². The quantitative estimate of drug-likeness (QED) is 0.587. The standard InChI is InChI=1S/C25H27N3O/c29-25(21-16-26-28(18-21)22-10-5-2-6-11-22)20-14-23-12-7-13-24(15-20)27(23)17-19-8-3-1-4-9-19/h1-6,8-11,16,18,20,23-24H,7,12-15,17H2. The highest BCUT2D eigenvalue weighted by Crippen LogP contribution is 2.39. The zero-order valence-electron chi connectivity index (χ0n) is 16.7. The molecule has 148 valence electrons. The van der Waals surface area contributed by atoms with Gasteiger partial charge in [-0.25, -0.2) is 4.68 Å². The van der Waals surface area contributed by atoms with Crippen molar-refractivity contribution in [1.29, 1.82) is 0 Å². The highest BCUT2D eigenvalue weighted by atomic mass is 16.1. The maximum absolute atomic E-state index is 13.3. The Morgan fingerprint density at radius 3 is 2.28 bits per heavy atom. The monoisotopic (exact) mass is 385 g/mol. The van der Waals surface area contributed by atoms with E-state index in [-0.39, 0.29) is 11.7 Å². The highest BCUT2D eigenvalue weighted by molar-refractivity contribution is 5.97. The molecule has 0 radical (unpaired) electrons. The molecule has 2 aromatic carbocycles. The Hall–Kier alpha value is -2.72. The van der Waals surface area contributed by atoms with Gasteiger partial charge in [0.15, 0.2) is 5.78 Å². The average molecular weight is 386 g/mol. The van der Waals surface area contributed by atoms with Gasteiger partial charge < -0.3 is 0 Å². The van der Waals surface area contributed by atoms with Crippen molar-refractivity contribution in [2.24, 2.45) is 5.92 Å². The first-order valence-electron chi connectivity index (χ1n) is 10.7. The summed E-state index contributed by atoms with van der Waals surface area (Å²) in [5, 5.41) is 4.43. The summed E-state index contributed by atoms with van der Waals surface area (Å²) in [6.07, 6.45) is 9.27. The molecule has 2 bridgehead atoms. The number of fused-ring (bicyclic) bond motifs is 2. The van der Waals surface area contributed by atoms with Gasteiger partial charge in [0.25, 0.3) is 0 Å². The molecule has 0 amide bonds. The number of Topliss-reactive ketones (excluding diaryl/α,β-unsaturated/α-hetero) is 1. The number of rotatable bonds is 5. The Bertz CT molecular complexity index is 952. The summed E-state index contributed by atoms with van der Waals surface area (Å²) in [6.45, 7) is 1.00. The Balaban J connectivity index is 1.31. The van der Waals surface area contributed by atoms with E-state index in [0.29, 0.717) is 12.1 Å². The molecule has 0 N–H and O–H groups in total. The van der Waals surface area contributed by atoms with Gasteiger partial charge in [-0.3, -0.25) is 9.69 Å². The predicted octanol–water partition coefficient (Wildman–Crippen LogP) is 4.89. The SMILES string of the molecule is O=C(c1cnn(-c2ccccc2)c1)C1CC2CCCC(C1)N2Cc1ccccc1. The zero-order valence-corrected chi connectivity index (χ0v) is 16.7. The first kappa shape index (κ1) is 18.3. The number of carbonyl (C=O) groups is 1. The largest absolute Gasteiger partial charge is 0.294 e. The number of aromatic nitrogens is 2. The number of nitrogens with zero attached hydrogens (tertiary/aromatic N) is 3. The van der Waals surface area contributed by atoms with Crippen molar-refractivity contribution in [3.05, 3.63) is 84.2 Å². The molecule has 4 nitrogen and oxygen atoms in total. The molecular weight excluding hydrogens is 358 g/mol. The minimum atomic E-state index is 0.116. The lowest BCUT2D eigenvalue weighted by Gasteiger charge is -2.48. The molecule has 29 heavy (non-hydrogen) atoms. The van der Waals surface area contributed by atoms with Crippen molar-refractivity contribution >= 4 is 5.78 Å². The van der Waals surface area contributed by atoms with E-state index < -0.39 is 0 Å². The fraction of sp³-hybridized carbons (Fsp3) is 0.360. The van der Waals surface area contributed by atoms with Crippen molar-refractivity contribution in [3.63, 3.8) is 0 Å². The second-order valence-corrected chi connectivity index (χ2v) is 8.44. The van der Waals surface area contributed by atoms with Crippen LogP contribution in [0.1, 0.15) is 48.0 Å². The minimum Gasteiger partial charge on any atom is -0.294 e. The number of benzene rings is 2. The van der Waals surface area contributed by atoms with E-state index in [9.17, 15) is 4.79 Å². The van der Waals surface area contributed by atoms with Gasteiger partial charge in [0.05, 0.1) is 17.4 Å². The summed E-state index contributed by atoms with van der Waals surface area (Å²) in [7, 11) is 0. The molecule has 2 saturated heterocycles. The van der Waals surface area contributed by atoms with E-state index in [1.807, 2.05) is 36.5 Å². The van der Waals surface area contributed by atoms with E-state index in [4.69, 9.17) is 0 Å². The lowest BCUT2D eigenvalue weighted by molar-refractivity contribution is 0.00906. The van der Waals surface area contributed by atoms with Gasteiger partial charge >= 0.3 is 0 Å². The van der Waals surface area contributed by atoms with Crippen LogP contribution in [0.2, 0.25) is 0 Å². The second-order valence-electron chi connectivity index (χ2n) is 8.44. The molecule has 0 spiro atoms. The van der Waals surface area contributed by atoms with Gasteiger partial charge in [-0.15, -0.1) is 0 Å². The smallest absolute Gasteiger partial charge is 0.169 e. The Labute approximate surface area is 172 Å². The molecule has 2 aliphatic heterocycles. The lowest BCUT2D eigenvalue weighted by Crippen LogP contribution is -2.52. The molecule has 5 rings (SSSR count). The van der Waals surface area contributed by atoms with Gasteiger partial charge in [0.2, 0.25) is 0 Å². The van der Waals surface area contributed by atoms with Gasteiger partial charge in [-0.05, 0) is 43.4 Å². The topological polar surface area (TPSA) is 38.1 Å². The number of piperidine rings is 2. The van der Waals surface area contributed by atoms with Crippen molar-refractivity contribution in [3.8, 4) is 5.69 Å². The molecule has 2 unspecified atom stereocenters. The summed E-state index contributed by atoms with van der Waals surface area (Å²) >= 11 is 0. The van der Waals surface area contributed by atoms with Crippen molar-refractivity contribution in [2.75, 3.05) is 0 Å². The normalized spacial score (nSPS) is 24.3.